The van der Waals surface area contributed by atoms with Crippen LogP contribution in [0.1, 0.15) is 0 Å². The van der Waals surface area contributed by atoms with Gasteiger partial charge in [-0.1, -0.05) is 48.5 Å². The molecular formula is C30H27N3O2S. The van der Waals surface area contributed by atoms with Crippen LogP contribution in [0.2, 0.25) is 0 Å². The first-order chi connectivity index (χ1) is 17.4. The zero-order valence-corrected chi connectivity index (χ0v) is 21.0. The zero-order chi connectivity index (χ0) is 25.1. The third-order valence-corrected chi connectivity index (χ3v) is 7.68. The Hall–Kier alpha value is -4.29. The lowest BCUT2D eigenvalue weighted by Crippen LogP contribution is -2.13. The number of rotatable bonds is 7. The van der Waals surface area contributed by atoms with E-state index in [1.54, 1.807) is 24.3 Å². The first-order valence-electron chi connectivity index (χ1n) is 11.6. The Kier molecular flexibility index (Phi) is 6.36. The van der Waals surface area contributed by atoms with Gasteiger partial charge in [0.25, 0.3) is 10.0 Å². The van der Waals surface area contributed by atoms with Gasteiger partial charge in [-0.3, -0.25) is 4.72 Å². The van der Waals surface area contributed by atoms with E-state index in [0.717, 1.165) is 33.5 Å². The van der Waals surface area contributed by atoms with Crippen LogP contribution in [-0.4, -0.2) is 22.5 Å². The van der Waals surface area contributed by atoms with Gasteiger partial charge in [0.15, 0.2) is 0 Å². The Morgan fingerprint density at radius 2 is 1.00 bits per heavy atom. The van der Waals surface area contributed by atoms with Crippen molar-refractivity contribution in [2.24, 2.45) is 0 Å². The molecule has 6 heteroatoms. The summed E-state index contributed by atoms with van der Waals surface area (Å²) in [6.45, 7) is 0. The summed E-state index contributed by atoms with van der Waals surface area (Å²) in [4.78, 5) is 4.44. The van der Waals surface area contributed by atoms with Gasteiger partial charge in [0, 0.05) is 42.5 Å². The Bertz CT molecular complexity index is 1580. The summed E-state index contributed by atoms with van der Waals surface area (Å²) in [6.07, 6.45) is 0. The van der Waals surface area contributed by atoms with Crippen molar-refractivity contribution in [3.8, 4) is 0 Å². The second-order valence-corrected chi connectivity index (χ2v) is 10.3. The average Bonchev–Trinajstić information content (AvgIpc) is 2.93. The molecule has 5 rings (SSSR count). The minimum Gasteiger partial charge on any atom is -0.345 e. The largest absolute Gasteiger partial charge is 0.345 e. The van der Waals surface area contributed by atoms with E-state index in [-0.39, 0.29) is 4.90 Å². The molecule has 0 radical (unpaired) electrons. The molecule has 0 aromatic heterocycles. The Morgan fingerprint density at radius 3 is 1.58 bits per heavy atom. The maximum absolute atomic E-state index is 12.9. The van der Waals surface area contributed by atoms with Crippen molar-refractivity contribution in [1.29, 1.82) is 0 Å². The molecule has 0 saturated heterocycles. The maximum atomic E-state index is 12.9. The summed E-state index contributed by atoms with van der Waals surface area (Å²) in [5.41, 5.74) is 4.72. The monoisotopic (exact) mass is 493 g/mol. The molecule has 5 aromatic carbocycles. The van der Waals surface area contributed by atoms with Gasteiger partial charge in [-0.25, -0.2) is 8.42 Å². The lowest BCUT2D eigenvalue weighted by atomic mass is 10.1. The Morgan fingerprint density at radius 1 is 0.528 bits per heavy atom. The van der Waals surface area contributed by atoms with Gasteiger partial charge in [-0.15, -0.1) is 0 Å². The van der Waals surface area contributed by atoms with Crippen molar-refractivity contribution >= 4 is 49.2 Å². The summed E-state index contributed by atoms with van der Waals surface area (Å²) >= 11 is 0. The van der Waals surface area contributed by atoms with E-state index in [1.165, 1.54) is 0 Å². The molecule has 0 bridgehead atoms. The molecule has 0 fully saturated rings. The van der Waals surface area contributed by atoms with Crippen molar-refractivity contribution in [3.63, 3.8) is 0 Å². The number of nitrogens with one attached hydrogen (secondary N) is 1. The van der Waals surface area contributed by atoms with E-state index in [4.69, 9.17) is 0 Å². The molecule has 0 saturated carbocycles. The van der Waals surface area contributed by atoms with Crippen LogP contribution in [0.4, 0.5) is 28.4 Å². The summed E-state index contributed by atoms with van der Waals surface area (Å²) in [7, 11) is 0.343. The Balaban J connectivity index is 1.29. The van der Waals surface area contributed by atoms with Crippen molar-refractivity contribution < 1.29 is 8.42 Å². The molecule has 0 unspecified atom stereocenters. The van der Waals surface area contributed by atoms with Gasteiger partial charge in [-0.2, -0.15) is 0 Å². The first kappa shape index (κ1) is 23.5. The normalized spacial score (nSPS) is 11.3. The molecule has 0 amide bonds. The van der Waals surface area contributed by atoms with E-state index >= 15 is 0 Å². The molecule has 0 aliphatic carbocycles. The van der Waals surface area contributed by atoms with E-state index in [1.807, 2.05) is 74.8 Å². The molecule has 0 aliphatic rings. The highest BCUT2D eigenvalue weighted by molar-refractivity contribution is 7.92. The van der Waals surface area contributed by atoms with Crippen molar-refractivity contribution in [2.75, 3.05) is 28.6 Å². The van der Waals surface area contributed by atoms with Crippen LogP contribution in [0, 0.1) is 0 Å². The van der Waals surface area contributed by atoms with Gasteiger partial charge in [0.05, 0.1) is 4.90 Å². The molecule has 5 aromatic rings. The van der Waals surface area contributed by atoms with Gasteiger partial charge >= 0.3 is 0 Å². The van der Waals surface area contributed by atoms with Crippen LogP contribution in [0.3, 0.4) is 0 Å². The number of para-hydroxylation sites is 1. The molecule has 180 valence electrons. The van der Waals surface area contributed by atoms with Crippen LogP contribution in [0.5, 0.6) is 0 Å². The fraction of sp³-hybridized carbons (Fsp3) is 0.0667. The molecule has 5 nitrogen and oxygen atoms in total. The van der Waals surface area contributed by atoms with Crippen molar-refractivity contribution in [3.05, 3.63) is 121 Å². The molecular weight excluding hydrogens is 466 g/mol. The fourth-order valence-electron chi connectivity index (χ4n) is 4.15. The second kappa shape index (κ2) is 9.76. The zero-order valence-electron chi connectivity index (χ0n) is 20.2. The lowest BCUT2D eigenvalue weighted by molar-refractivity contribution is 0.601. The second-order valence-electron chi connectivity index (χ2n) is 8.63. The summed E-state index contributed by atoms with van der Waals surface area (Å²) in [5.74, 6) is 0. The van der Waals surface area contributed by atoms with Gasteiger partial charge in [0.2, 0.25) is 0 Å². The van der Waals surface area contributed by atoms with Gasteiger partial charge in [0.1, 0.15) is 0 Å². The number of fused-ring (bicyclic) bond motifs is 1. The van der Waals surface area contributed by atoms with Gasteiger partial charge < -0.3 is 9.80 Å². The quantitative estimate of drug-likeness (QED) is 0.261. The molecule has 0 spiro atoms. The minimum atomic E-state index is -3.69. The minimum absolute atomic E-state index is 0.239. The van der Waals surface area contributed by atoms with Crippen molar-refractivity contribution in [1.82, 2.24) is 0 Å². The third kappa shape index (κ3) is 4.90. The Labute approximate surface area is 212 Å². The molecule has 36 heavy (non-hydrogen) atoms. The number of sulfonamides is 1. The highest BCUT2D eigenvalue weighted by atomic mass is 32.2. The molecule has 0 heterocycles. The van der Waals surface area contributed by atoms with E-state index < -0.39 is 10.0 Å². The average molecular weight is 494 g/mol. The predicted octanol–water partition coefficient (Wildman–Crippen LogP) is 7.18. The topological polar surface area (TPSA) is 52.6 Å². The fourth-order valence-corrected chi connectivity index (χ4v) is 5.24. The summed E-state index contributed by atoms with van der Waals surface area (Å²) in [6, 6.07) is 38.8. The lowest BCUT2D eigenvalue weighted by Gasteiger charge is -2.23. The number of anilines is 5. The maximum Gasteiger partial charge on any atom is 0.261 e. The summed E-state index contributed by atoms with van der Waals surface area (Å²) < 4.78 is 28.6. The van der Waals surface area contributed by atoms with Crippen molar-refractivity contribution in [2.45, 2.75) is 4.90 Å². The smallest absolute Gasteiger partial charge is 0.261 e. The van der Waals surface area contributed by atoms with Crippen LogP contribution < -0.4 is 14.5 Å². The van der Waals surface area contributed by atoms with E-state index in [2.05, 4.69) is 50.9 Å². The highest BCUT2D eigenvalue weighted by Gasteiger charge is 2.15. The van der Waals surface area contributed by atoms with Crippen LogP contribution >= 0.6 is 0 Å². The van der Waals surface area contributed by atoms with Gasteiger partial charge in [-0.05, 0) is 83.6 Å². The highest BCUT2D eigenvalue weighted by Crippen LogP contribution is 2.30. The third-order valence-electron chi connectivity index (χ3n) is 6.31. The number of hydrogen-bond donors (Lipinski definition) is 1. The van der Waals surface area contributed by atoms with Crippen LogP contribution in [-0.2, 0) is 10.0 Å². The van der Waals surface area contributed by atoms with Crippen LogP contribution in [0.25, 0.3) is 10.8 Å². The van der Waals surface area contributed by atoms with Crippen LogP contribution in [0.15, 0.2) is 126 Å². The predicted molar refractivity (Wildman–Crippen MR) is 150 cm³/mol. The summed E-state index contributed by atoms with van der Waals surface area (Å²) in [5, 5.41) is 1.89. The molecule has 1 N–H and O–H groups in total. The first-order valence-corrected chi connectivity index (χ1v) is 13.1. The molecule has 0 atom stereocenters. The standard InChI is InChI=1S/C30H27N3O2S/c1-32(26-10-4-3-5-11-26)28-17-19-29(20-18-28)33(2)27-15-13-25(14-16-27)31-36(34,35)30-21-12-23-8-6-7-9-24(23)22-30/h3-22,31H,1-2H3. The van der Waals surface area contributed by atoms with E-state index in [0.29, 0.717) is 5.69 Å². The number of benzene rings is 5. The SMILES string of the molecule is CN(c1ccccc1)c1ccc(N(C)c2ccc(NS(=O)(=O)c3ccc4ccccc4c3)cc2)cc1. The number of nitrogens with zero attached hydrogens (tertiary/aromatic N) is 2. The number of hydrogen-bond acceptors (Lipinski definition) is 4. The van der Waals surface area contributed by atoms with E-state index in [9.17, 15) is 8.42 Å². The molecule has 0 aliphatic heterocycles.